The largest absolute Gasteiger partial charge is 0.323 e. The summed E-state index contributed by atoms with van der Waals surface area (Å²) in [4.78, 5) is 15.5. The van der Waals surface area contributed by atoms with E-state index in [9.17, 15) is 13.6 Å². The van der Waals surface area contributed by atoms with E-state index in [-0.39, 0.29) is 11.1 Å². The molecule has 2 aromatic rings. The maximum Gasteiger partial charge on any atom is 0.323 e. The van der Waals surface area contributed by atoms with Crippen LogP contribution >= 0.6 is 0 Å². The SMILES string of the molecule is O=c1[nH]c2cccc(C(F)F)c2[nH]1. The van der Waals surface area contributed by atoms with E-state index in [2.05, 4.69) is 9.97 Å². The predicted molar refractivity (Wildman–Crippen MR) is 43.9 cm³/mol. The number of para-hydroxylation sites is 1. The molecule has 0 spiro atoms. The molecule has 68 valence electrons. The smallest absolute Gasteiger partial charge is 0.306 e. The molecule has 0 amide bonds. The van der Waals surface area contributed by atoms with Gasteiger partial charge in [0.15, 0.2) is 0 Å². The van der Waals surface area contributed by atoms with Crippen molar-refractivity contribution in [3.05, 3.63) is 34.2 Å². The average molecular weight is 184 g/mol. The number of H-pyrrole nitrogens is 2. The van der Waals surface area contributed by atoms with Gasteiger partial charge in [-0.15, -0.1) is 0 Å². The van der Waals surface area contributed by atoms with Crippen LogP contribution in [-0.2, 0) is 0 Å². The van der Waals surface area contributed by atoms with E-state index in [4.69, 9.17) is 0 Å². The summed E-state index contributed by atoms with van der Waals surface area (Å²) >= 11 is 0. The molecule has 13 heavy (non-hydrogen) atoms. The van der Waals surface area contributed by atoms with E-state index in [1.54, 1.807) is 6.07 Å². The molecule has 0 aliphatic rings. The molecule has 0 atom stereocenters. The normalized spacial score (nSPS) is 11.3. The van der Waals surface area contributed by atoms with Gasteiger partial charge in [0.2, 0.25) is 0 Å². The lowest BCUT2D eigenvalue weighted by Gasteiger charge is -1.99. The lowest BCUT2D eigenvalue weighted by atomic mass is 10.2. The van der Waals surface area contributed by atoms with Crippen molar-refractivity contribution < 1.29 is 8.78 Å². The van der Waals surface area contributed by atoms with Crippen molar-refractivity contribution >= 4 is 11.0 Å². The van der Waals surface area contributed by atoms with Crippen LogP contribution in [0, 0.1) is 0 Å². The first kappa shape index (κ1) is 7.97. The summed E-state index contributed by atoms with van der Waals surface area (Å²) in [6.45, 7) is 0. The second-order valence-electron chi connectivity index (χ2n) is 2.65. The third-order valence-corrected chi connectivity index (χ3v) is 1.82. The molecule has 0 unspecified atom stereocenters. The zero-order valence-corrected chi connectivity index (χ0v) is 6.47. The van der Waals surface area contributed by atoms with E-state index < -0.39 is 12.1 Å². The number of aromatic nitrogens is 2. The molecule has 0 radical (unpaired) electrons. The van der Waals surface area contributed by atoms with Crippen LogP contribution in [0.5, 0.6) is 0 Å². The van der Waals surface area contributed by atoms with E-state index >= 15 is 0 Å². The first-order valence-electron chi connectivity index (χ1n) is 3.67. The number of fused-ring (bicyclic) bond motifs is 1. The van der Waals surface area contributed by atoms with Crippen molar-refractivity contribution in [1.82, 2.24) is 9.97 Å². The molecule has 0 aliphatic carbocycles. The van der Waals surface area contributed by atoms with E-state index in [0.717, 1.165) is 0 Å². The molecule has 0 saturated carbocycles. The molecule has 0 aliphatic heterocycles. The number of imidazole rings is 1. The molecular weight excluding hydrogens is 178 g/mol. The second-order valence-corrected chi connectivity index (χ2v) is 2.65. The maximum atomic E-state index is 12.4. The number of benzene rings is 1. The molecule has 5 heteroatoms. The molecular formula is C8H6F2N2O. The average Bonchev–Trinajstić information content (AvgIpc) is 2.43. The van der Waals surface area contributed by atoms with Crippen LogP contribution in [0.4, 0.5) is 8.78 Å². The Balaban J connectivity index is 2.82. The Hall–Kier alpha value is -1.65. The zero-order chi connectivity index (χ0) is 9.42. The Morgan fingerprint density at radius 3 is 2.69 bits per heavy atom. The third kappa shape index (κ3) is 1.22. The molecule has 1 aromatic carbocycles. The maximum absolute atomic E-state index is 12.4. The fourth-order valence-corrected chi connectivity index (χ4v) is 1.26. The van der Waals surface area contributed by atoms with Gasteiger partial charge in [-0.05, 0) is 6.07 Å². The van der Waals surface area contributed by atoms with Crippen LogP contribution in [0.15, 0.2) is 23.0 Å². The Morgan fingerprint density at radius 2 is 2.00 bits per heavy atom. The summed E-state index contributed by atoms with van der Waals surface area (Å²) in [5.41, 5.74) is -0.0377. The molecule has 1 aromatic heterocycles. The Bertz CT molecular complexity index is 486. The van der Waals surface area contributed by atoms with Crippen molar-refractivity contribution in [3.63, 3.8) is 0 Å². The molecule has 0 fully saturated rings. The minimum Gasteiger partial charge on any atom is -0.306 e. The highest BCUT2D eigenvalue weighted by molar-refractivity contribution is 5.78. The number of hydrogen-bond donors (Lipinski definition) is 2. The van der Waals surface area contributed by atoms with Crippen LogP contribution < -0.4 is 5.69 Å². The number of halogens is 2. The van der Waals surface area contributed by atoms with Crippen LogP contribution in [0.1, 0.15) is 12.0 Å². The zero-order valence-electron chi connectivity index (χ0n) is 6.47. The highest BCUT2D eigenvalue weighted by Gasteiger charge is 2.12. The predicted octanol–water partition coefficient (Wildman–Crippen LogP) is 1.79. The van der Waals surface area contributed by atoms with Crippen LogP contribution in [-0.4, -0.2) is 9.97 Å². The fraction of sp³-hybridized carbons (Fsp3) is 0.125. The van der Waals surface area contributed by atoms with Crippen molar-refractivity contribution in [2.45, 2.75) is 6.43 Å². The number of alkyl halides is 2. The minimum atomic E-state index is -2.57. The van der Waals surface area contributed by atoms with Gasteiger partial charge in [-0.1, -0.05) is 12.1 Å². The molecule has 0 bridgehead atoms. The topological polar surface area (TPSA) is 48.6 Å². The monoisotopic (exact) mass is 184 g/mol. The first-order chi connectivity index (χ1) is 6.18. The fourth-order valence-electron chi connectivity index (χ4n) is 1.26. The van der Waals surface area contributed by atoms with Gasteiger partial charge in [-0.25, -0.2) is 13.6 Å². The van der Waals surface area contributed by atoms with Crippen LogP contribution in [0.25, 0.3) is 11.0 Å². The lowest BCUT2D eigenvalue weighted by molar-refractivity contribution is 0.153. The minimum absolute atomic E-state index is 0.157. The molecule has 3 nitrogen and oxygen atoms in total. The number of hydrogen-bond acceptors (Lipinski definition) is 1. The van der Waals surface area contributed by atoms with Crippen molar-refractivity contribution in [1.29, 1.82) is 0 Å². The summed E-state index contributed by atoms with van der Waals surface area (Å²) in [5.74, 6) is 0. The van der Waals surface area contributed by atoms with E-state index in [1.807, 2.05) is 0 Å². The van der Waals surface area contributed by atoms with E-state index in [1.165, 1.54) is 12.1 Å². The lowest BCUT2D eigenvalue weighted by Crippen LogP contribution is -1.99. The van der Waals surface area contributed by atoms with Gasteiger partial charge in [-0.2, -0.15) is 0 Å². The van der Waals surface area contributed by atoms with Crippen molar-refractivity contribution in [3.8, 4) is 0 Å². The Labute approximate surface area is 71.4 Å². The number of aromatic amines is 2. The van der Waals surface area contributed by atoms with Crippen molar-refractivity contribution in [2.75, 3.05) is 0 Å². The third-order valence-electron chi connectivity index (χ3n) is 1.82. The van der Waals surface area contributed by atoms with Crippen molar-refractivity contribution in [2.24, 2.45) is 0 Å². The Morgan fingerprint density at radius 1 is 1.23 bits per heavy atom. The summed E-state index contributed by atoms with van der Waals surface area (Å²) in [6, 6.07) is 4.34. The molecule has 0 saturated heterocycles. The highest BCUT2D eigenvalue weighted by Crippen LogP contribution is 2.24. The number of rotatable bonds is 1. The summed E-state index contributed by atoms with van der Waals surface area (Å²) < 4.78 is 24.7. The molecule has 1 heterocycles. The van der Waals surface area contributed by atoms with Gasteiger partial charge < -0.3 is 9.97 Å². The quantitative estimate of drug-likeness (QED) is 0.697. The summed E-state index contributed by atoms with van der Waals surface area (Å²) in [6.07, 6.45) is -2.57. The van der Waals surface area contributed by atoms with Gasteiger partial charge in [0.05, 0.1) is 11.0 Å². The van der Waals surface area contributed by atoms with E-state index in [0.29, 0.717) is 5.52 Å². The second kappa shape index (κ2) is 2.69. The molecule has 2 N–H and O–H groups in total. The van der Waals surface area contributed by atoms with Gasteiger partial charge >= 0.3 is 5.69 Å². The summed E-state index contributed by atoms with van der Waals surface area (Å²) in [5, 5.41) is 0. The highest BCUT2D eigenvalue weighted by atomic mass is 19.3. The van der Waals surface area contributed by atoms with Gasteiger partial charge in [-0.3, -0.25) is 0 Å². The van der Waals surface area contributed by atoms with Gasteiger partial charge in [0, 0.05) is 5.56 Å². The summed E-state index contributed by atoms with van der Waals surface area (Å²) in [7, 11) is 0. The standard InChI is InChI=1S/C8H6F2N2O/c9-7(10)4-2-1-3-5-6(4)12-8(13)11-5/h1-3,7H,(H2,11,12,13). The number of nitrogens with one attached hydrogen (secondary N) is 2. The first-order valence-corrected chi connectivity index (χ1v) is 3.67. The Kier molecular flexibility index (Phi) is 1.65. The van der Waals surface area contributed by atoms with Gasteiger partial charge in [0.25, 0.3) is 6.43 Å². The van der Waals surface area contributed by atoms with Crippen LogP contribution in [0.3, 0.4) is 0 Å². The molecule has 2 rings (SSSR count). The van der Waals surface area contributed by atoms with Gasteiger partial charge in [0.1, 0.15) is 0 Å². The van der Waals surface area contributed by atoms with Crippen LogP contribution in [0.2, 0.25) is 0 Å².